The summed E-state index contributed by atoms with van der Waals surface area (Å²) in [4.78, 5) is 0. The molecule has 0 spiro atoms. The van der Waals surface area contributed by atoms with E-state index in [1.54, 1.807) is 0 Å². The van der Waals surface area contributed by atoms with E-state index < -0.39 is 5.66 Å². The molecule has 2 unspecified atom stereocenters. The van der Waals surface area contributed by atoms with Crippen LogP contribution in [0.15, 0.2) is 60.7 Å². The van der Waals surface area contributed by atoms with Gasteiger partial charge in [0.05, 0.1) is 25.4 Å². The minimum atomic E-state index is -0.430. The van der Waals surface area contributed by atoms with Crippen molar-refractivity contribution in [3.8, 4) is 0 Å². The molecule has 0 aromatic heterocycles. The van der Waals surface area contributed by atoms with Gasteiger partial charge in [-0.1, -0.05) is 60.7 Å². The molecule has 0 saturated carbocycles. The Labute approximate surface area is 136 Å². The second-order valence-corrected chi connectivity index (χ2v) is 6.15. The van der Waals surface area contributed by atoms with Gasteiger partial charge in [-0.05, 0) is 11.1 Å². The van der Waals surface area contributed by atoms with Crippen molar-refractivity contribution < 1.29 is 9.47 Å². The molecule has 2 fully saturated rings. The average Bonchev–Trinajstić information content (AvgIpc) is 3.51. The van der Waals surface area contributed by atoms with Gasteiger partial charge in [-0.25, -0.2) is 0 Å². The van der Waals surface area contributed by atoms with Crippen molar-refractivity contribution in [3.63, 3.8) is 0 Å². The second kappa shape index (κ2) is 6.42. The summed E-state index contributed by atoms with van der Waals surface area (Å²) in [5.41, 5.74) is 1.97. The van der Waals surface area contributed by atoms with E-state index in [0.717, 1.165) is 26.3 Å². The molecule has 4 nitrogen and oxygen atoms in total. The summed E-state index contributed by atoms with van der Waals surface area (Å²) < 4.78 is 10.8. The van der Waals surface area contributed by atoms with E-state index in [4.69, 9.17) is 9.47 Å². The van der Waals surface area contributed by atoms with Gasteiger partial charge < -0.3 is 9.47 Å². The predicted molar refractivity (Wildman–Crippen MR) is 89.1 cm³/mol. The molecule has 4 rings (SSSR count). The summed E-state index contributed by atoms with van der Waals surface area (Å²) in [5, 5.41) is 7.44. The number of ether oxygens (including phenoxy) is 2. The summed E-state index contributed by atoms with van der Waals surface area (Å²) in [7, 11) is 0. The van der Waals surface area contributed by atoms with Crippen LogP contribution in [0.3, 0.4) is 0 Å². The Bertz CT molecular complexity index is 567. The van der Waals surface area contributed by atoms with Crippen LogP contribution in [0.1, 0.15) is 11.1 Å². The Hall–Kier alpha value is -1.72. The van der Waals surface area contributed by atoms with Gasteiger partial charge in [0.2, 0.25) is 0 Å². The molecule has 120 valence electrons. The molecule has 2 aliphatic rings. The fourth-order valence-electron chi connectivity index (χ4n) is 2.92. The molecule has 2 saturated heterocycles. The summed E-state index contributed by atoms with van der Waals surface area (Å²) in [6, 6.07) is 21.1. The van der Waals surface area contributed by atoms with Crippen LogP contribution in [-0.4, -0.2) is 38.5 Å². The van der Waals surface area contributed by atoms with Crippen LogP contribution in [0, 0.1) is 0 Å². The third-order valence-electron chi connectivity index (χ3n) is 4.41. The first-order valence-electron chi connectivity index (χ1n) is 8.21. The maximum atomic E-state index is 5.40. The topological polar surface area (TPSA) is 49.1 Å². The third-order valence-corrected chi connectivity index (χ3v) is 4.41. The molecule has 2 aromatic rings. The lowest BCUT2D eigenvalue weighted by molar-refractivity contribution is 0.281. The zero-order valence-electron chi connectivity index (χ0n) is 13.1. The van der Waals surface area contributed by atoms with Crippen molar-refractivity contribution in [1.29, 1.82) is 0 Å². The van der Waals surface area contributed by atoms with E-state index in [9.17, 15) is 0 Å². The monoisotopic (exact) mass is 310 g/mol. The summed E-state index contributed by atoms with van der Waals surface area (Å²) in [5.74, 6) is 0. The molecule has 2 aromatic carbocycles. The largest absolute Gasteiger partial charge is 0.372 e. The molecular weight excluding hydrogens is 288 g/mol. The van der Waals surface area contributed by atoms with Crippen molar-refractivity contribution in [3.05, 3.63) is 71.8 Å². The molecule has 0 aliphatic carbocycles. The van der Waals surface area contributed by atoms with Crippen molar-refractivity contribution in [1.82, 2.24) is 10.6 Å². The van der Waals surface area contributed by atoms with Crippen LogP contribution in [0.2, 0.25) is 0 Å². The Morgan fingerprint density at radius 3 is 1.48 bits per heavy atom. The Morgan fingerprint density at radius 1 is 0.739 bits per heavy atom. The van der Waals surface area contributed by atoms with Crippen molar-refractivity contribution in [2.24, 2.45) is 0 Å². The minimum Gasteiger partial charge on any atom is -0.372 e. The van der Waals surface area contributed by atoms with Gasteiger partial charge in [-0.3, -0.25) is 10.6 Å². The number of epoxide rings is 2. The molecule has 23 heavy (non-hydrogen) atoms. The van der Waals surface area contributed by atoms with Crippen LogP contribution in [0.5, 0.6) is 0 Å². The molecule has 0 amide bonds. The Kier molecular flexibility index (Phi) is 4.14. The molecule has 2 atom stereocenters. The van der Waals surface area contributed by atoms with Gasteiger partial charge >= 0.3 is 0 Å². The fraction of sp³-hybridized carbons (Fsp3) is 0.368. The SMILES string of the molecule is c1ccc(C(NCC2CO2)(NCC2CO2)c2ccccc2)cc1. The molecule has 0 radical (unpaired) electrons. The van der Waals surface area contributed by atoms with Crippen molar-refractivity contribution >= 4 is 0 Å². The minimum absolute atomic E-state index is 0.320. The van der Waals surface area contributed by atoms with E-state index in [1.807, 2.05) is 12.1 Å². The first-order chi connectivity index (χ1) is 11.4. The van der Waals surface area contributed by atoms with Gasteiger partial charge in [0.25, 0.3) is 0 Å². The van der Waals surface area contributed by atoms with E-state index in [1.165, 1.54) is 11.1 Å². The normalized spacial score (nSPS) is 22.8. The molecule has 2 heterocycles. The fourth-order valence-corrected chi connectivity index (χ4v) is 2.92. The van der Waals surface area contributed by atoms with Gasteiger partial charge in [0, 0.05) is 13.1 Å². The molecule has 2 aliphatic heterocycles. The quantitative estimate of drug-likeness (QED) is 0.577. The Morgan fingerprint density at radius 2 is 1.13 bits per heavy atom. The van der Waals surface area contributed by atoms with Crippen molar-refractivity contribution in [2.75, 3.05) is 26.3 Å². The lowest BCUT2D eigenvalue weighted by atomic mass is 9.90. The van der Waals surface area contributed by atoms with E-state index in [-0.39, 0.29) is 0 Å². The highest BCUT2D eigenvalue weighted by Crippen LogP contribution is 2.28. The lowest BCUT2D eigenvalue weighted by Crippen LogP contribution is -2.56. The molecule has 0 bridgehead atoms. The van der Waals surface area contributed by atoms with Crippen molar-refractivity contribution in [2.45, 2.75) is 17.9 Å². The van der Waals surface area contributed by atoms with Crippen LogP contribution in [-0.2, 0) is 15.1 Å². The van der Waals surface area contributed by atoms with Gasteiger partial charge in [0.1, 0.15) is 5.66 Å². The highest BCUT2D eigenvalue weighted by Gasteiger charge is 2.37. The van der Waals surface area contributed by atoms with Crippen LogP contribution in [0.4, 0.5) is 0 Å². The summed E-state index contributed by atoms with van der Waals surface area (Å²) in [6.07, 6.45) is 0.640. The first-order valence-corrected chi connectivity index (χ1v) is 8.21. The Balaban J connectivity index is 1.70. The number of rotatable bonds is 8. The van der Waals surface area contributed by atoms with Gasteiger partial charge in [-0.2, -0.15) is 0 Å². The first kappa shape index (κ1) is 14.8. The van der Waals surface area contributed by atoms with E-state index in [2.05, 4.69) is 59.2 Å². The zero-order valence-corrected chi connectivity index (χ0v) is 13.1. The van der Waals surface area contributed by atoms with E-state index >= 15 is 0 Å². The molecule has 4 heteroatoms. The standard InChI is InChI=1S/C19H22N2O2/c1-3-7-15(8-4-1)19(20-11-17-13-22-17,21-12-18-14-23-18)16-9-5-2-6-10-16/h1-10,17-18,20-21H,11-14H2. The third kappa shape index (κ3) is 3.46. The number of benzene rings is 2. The van der Waals surface area contributed by atoms with Crippen LogP contribution in [0.25, 0.3) is 0 Å². The van der Waals surface area contributed by atoms with Crippen LogP contribution >= 0.6 is 0 Å². The molecular formula is C19H22N2O2. The average molecular weight is 310 g/mol. The molecule has 2 N–H and O–H groups in total. The van der Waals surface area contributed by atoms with Gasteiger partial charge in [0.15, 0.2) is 0 Å². The maximum absolute atomic E-state index is 5.40. The number of hydrogen-bond acceptors (Lipinski definition) is 4. The lowest BCUT2D eigenvalue weighted by Gasteiger charge is -2.37. The van der Waals surface area contributed by atoms with E-state index in [0.29, 0.717) is 12.2 Å². The second-order valence-electron chi connectivity index (χ2n) is 6.15. The summed E-state index contributed by atoms with van der Waals surface area (Å²) >= 11 is 0. The zero-order chi connectivity index (χ0) is 15.5. The highest BCUT2D eigenvalue weighted by atomic mass is 16.6. The van der Waals surface area contributed by atoms with Crippen LogP contribution < -0.4 is 10.6 Å². The highest BCUT2D eigenvalue weighted by molar-refractivity contribution is 5.37. The van der Waals surface area contributed by atoms with Gasteiger partial charge in [-0.15, -0.1) is 0 Å². The predicted octanol–water partition coefficient (Wildman–Crippen LogP) is 1.86. The number of hydrogen-bond donors (Lipinski definition) is 2. The smallest absolute Gasteiger partial charge is 0.122 e. The maximum Gasteiger partial charge on any atom is 0.122 e. The number of nitrogens with one attached hydrogen (secondary N) is 2. The summed E-state index contributed by atoms with van der Waals surface area (Å²) in [6.45, 7) is 3.33.